The summed E-state index contributed by atoms with van der Waals surface area (Å²) < 4.78 is 16.5. The zero-order valence-electron chi connectivity index (χ0n) is 19.3. The standard InChI is InChI=1S/C23H23N3O8S/c1-4-14(3)33-21(27)13-25-22(28)19(35-23(25)29)11-15-6-8-17(18(10-15)32-5-2)34-20-9-7-16(12-24-20)26(30)31/h6-12,14H,4-5,13H2,1-3H3/b19-11-/t14-/m1/s1. The van der Waals surface area contributed by atoms with Crippen molar-refractivity contribution in [2.45, 2.75) is 33.3 Å². The van der Waals surface area contributed by atoms with Crippen LogP contribution in [0.1, 0.15) is 32.8 Å². The van der Waals surface area contributed by atoms with Crippen LogP contribution in [0.5, 0.6) is 17.4 Å². The van der Waals surface area contributed by atoms with Crippen molar-refractivity contribution in [2.75, 3.05) is 13.2 Å². The van der Waals surface area contributed by atoms with E-state index in [-0.39, 0.29) is 22.6 Å². The average molecular weight is 502 g/mol. The second-order valence-corrected chi connectivity index (χ2v) is 8.32. The van der Waals surface area contributed by atoms with Crippen molar-refractivity contribution in [1.82, 2.24) is 9.88 Å². The van der Waals surface area contributed by atoms with Crippen LogP contribution in [0.15, 0.2) is 41.4 Å². The lowest BCUT2D eigenvalue weighted by Crippen LogP contribution is -2.35. The largest absolute Gasteiger partial charge is 0.490 e. The number of ether oxygens (including phenoxy) is 3. The number of aromatic nitrogens is 1. The third-order valence-corrected chi connectivity index (χ3v) is 5.69. The molecule has 0 spiro atoms. The van der Waals surface area contributed by atoms with Crippen LogP contribution in [-0.2, 0) is 14.3 Å². The van der Waals surface area contributed by atoms with Gasteiger partial charge >= 0.3 is 5.97 Å². The van der Waals surface area contributed by atoms with Crippen molar-refractivity contribution in [3.05, 3.63) is 57.1 Å². The Hall–Kier alpha value is -3.93. The van der Waals surface area contributed by atoms with Gasteiger partial charge in [0.05, 0.1) is 22.5 Å². The van der Waals surface area contributed by atoms with Gasteiger partial charge in [-0.1, -0.05) is 13.0 Å². The lowest BCUT2D eigenvalue weighted by molar-refractivity contribution is -0.385. The lowest BCUT2D eigenvalue weighted by Gasteiger charge is -2.14. The van der Waals surface area contributed by atoms with Crippen molar-refractivity contribution < 1.29 is 33.5 Å². The first-order chi connectivity index (χ1) is 16.7. The summed E-state index contributed by atoms with van der Waals surface area (Å²) in [4.78, 5) is 52.2. The van der Waals surface area contributed by atoms with E-state index in [9.17, 15) is 24.5 Å². The molecule has 0 N–H and O–H groups in total. The van der Waals surface area contributed by atoms with Crippen LogP contribution in [0.3, 0.4) is 0 Å². The highest BCUT2D eigenvalue weighted by atomic mass is 32.2. The summed E-state index contributed by atoms with van der Waals surface area (Å²) in [5, 5.41) is 10.2. The molecule has 2 amide bonds. The van der Waals surface area contributed by atoms with Crippen LogP contribution in [0.25, 0.3) is 6.08 Å². The number of amides is 2. The molecule has 2 aromatic rings. The smallest absolute Gasteiger partial charge is 0.326 e. The maximum absolute atomic E-state index is 12.7. The molecule has 0 unspecified atom stereocenters. The number of imide groups is 1. The van der Waals surface area contributed by atoms with Crippen molar-refractivity contribution >= 4 is 40.6 Å². The number of hydrogen-bond donors (Lipinski definition) is 0. The van der Waals surface area contributed by atoms with Crippen molar-refractivity contribution in [2.24, 2.45) is 0 Å². The first kappa shape index (κ1) is 25.7. The zero-order chi connectivity index (χ0) is 25.5. The number of thioether (sulfide) groups is 1. The van der Waals surface area contributed by atoms with E-state index in [2.05, 4.69) is 4.98 Å². The predicted octanol–water partition coefficient (Wildman–Crippen LogP) is 4.56. The van der Waals surface area contributed by atoms with E-state index in [0.29, 0.717) is 30.1 Å². The summed E-state index contributed by atoms with van der Waals surface area (Å²) in [6.45, 7) is 5.24. The molecule has 11 nitrogen and oxygen atoms in total. The van der Waals surface area contributed by atoms with Gasteiger partial charge < -0.3 is 14.2 Å². The first-order valence-electron chi connectivity index (χ1n) is 10.7. The van der Waals surface area contributed by atoms with E-state index in [1.54, 1.807) is 32.0 Å². The fraction of sp³-hybridized carbons (Fsp3) is 0.304. The van der Waals surface area contributed by atoms with Gasteiger partial charge in [-0.2, -0.15) is 0 Å². The molecule has 1 aromatic heterocycles. The van der Waals surface area contributed by atoms with Crippen LogP contribution in [0.4, 0.5) is 10.5 Å². The number of hydrogen-bond acceptors (Lipinski definition) is 10. The number of benzene rings is 1. The van der Waals surface area contributed by atoms with Crippen molar-refractivity contribution in [3.8, 4) is 17.4 Å². The fourth-order valence-corrected chi connectivity index (χ4v) is 3.72. The van der Waals surface area contributed by atoms with Gasteiger partial charge in [0.15, 0.2) is 11.5 Å². The van der Waals surface area contributed by atoms with Gasteiger partial charge in [-0.05, 0) is 55.8 Å². The summed E-state index contributed by atoms with van der Waals surface area (Å²) >= 11 is 0.727. The van der Waals surface area contributed by atoms with Gasteiger partial charge in [-0.15, -0.1) is 0 Å². The molecule has 1 atom stereocenters. The van der Waals surface area contributed by atoms with E-state index < -0.39 is 28.6 Å². The Kier molecular flexibility index (Phi) is 8.42. The van der Waals surface area contributed by atoms with E-state index in [1.165, 1.54) is 18.2 Å². The normalized spacial score (nSPS) is 15.3. The number of nitro groups is 1. The quantitative estimate of drug-likeness (QED) is 0.197. The minimum atomic E-state index is -0.650. The van der Waals surface area contributed by atoms with Crippen LogP contribution < -0.4 is 9.47 Å². The fourth-order valence-electron chi connectivity index (χ4n) is 2.88. The van der Waals surface area contributed by atoms with E-state index in [1.807, 2.05) is 6.92 Å². The summed E-state index contributed by atoms with van der Waals surface area (Å²) in [6.07, 6.45) is 2.91. The van der Waals surface area contributed by atoms with Crippen molar-refractivity contribution in [1.29, 1.82) is 0 Å². The highest BCUT2D eigenvalue weighted by Crippen LogP contribution is 2.36. The van der Waals surface area contributed by atoms with Crippen molar-refractivity contribution in [3.63, 3.8) is 0 Å². The number of rotatable bonds is 10. The number of carbonyl (C=O) groups excluding carboxylic acids is 3. The predicted molar refractivity (Wildman–Crippen MR) is 127 cm³/mol. The van der Waals surface area contributed by atoms with E-state index in [0.717, 1.165) is 22.9 Å². The molecule has 12 heteroatoms. The summed E-state index contributed by atoms with van der Waals surface area (Å²) in [5.41, 5.74) is 0.393. The molecular weight excluding hydrogens is 478 g/mol. The van der Waals surface area contributed by atoms with Gasteiger partial charge in [-0.3, -0.25) is 29.4 Å². The van der Waals surface area contributed by atoms with Gasteiger partial charge in [0.2, 0.25) is 5.88 Å². The maximum Gasteiger partial charge on any atom is 0.326 e. The van der Waals surface area contributed by atoms with E-state index in [4.69, 9.17) is 14.2 Å². The Morgan fingerprint density at radius 1 is 1.23 bits per heavy atom. The van der Waals surface area contributed by atoms with Crippen LogP contribution in [0, 0.1) is 10.1 Å². The molecule has 0 aliphatic carbocycles. The van der Waals surface area contributed by atoms with Gasteiger partial charge in [0, 0.05) is 12.1 Å². The zero-order valence-corrected chi connectivity index (χ0v) is 20.1. The molecule has 35 heavy (non-hydrogen) atoms. The molecule has 1 saturated heterocycles. The molecule has 0 radical (unpaired) electrons. The molecule has 1 aliphatic heterocycles. The summed E-state index contributed by atoms with van der Waals surface area (Å²) in [7, 11) is 0. The highest BCUT2D eigenvalue weighted by Gasteiger charge is 2.37. The minimum absolute atomic E-state index is 0.134. The number of esters is 1. The molecule has 0 saturated carbocycles. The monoisotopic (exact) mass is 501 g/mol. The second-order valence-electron chi connectivity index (χ2n) is 7.33. The third-order valence-electron chi connectivity index (χ3n) is 4.78. The molecule has 1 fully saturated rings. The Balaban J connectivity index is 1.77. The van der Waals surface area contributed by atoms with Crippen LogP contribution in [-0.4, -0.2) is 51.2 Å². The topological polar surface area (TPSA) is 138 Å². The van der Waals surface area contributed by atoms with Crippen LogP contribution >= 0.6 is 11.8 Å². The lowest BCUT2D eigenvalue weighted by atomic mass is 10.2. The second kappa shape index (κ2) is 11.5. The molecule has 3 rings (SSSR count). The summed E-state index contributed by atoms with van der Waals surface area (Å²) in [5.74, 6) is -0.448. The number of carbonyl (C=O) groups is 3. The molecular formula is C23H23N3O8S. The minimum Gasteiger partial charge on any atom is -0.490 e. The van der Waals surface area contributed by atoms with Gasteiger partial charge in [0.25, 0.3) is 16.8 Å². The molecule has 1 aromatic carbocycles. The average Bonchev–Trinajstić information content (AvgIpc) is 3.08. The van der Waals surface area contributed by atoms with E-state index >= 15 is 0 Å². The SMILES string of the molecule is CCOc1cc(/C=C2\SC(=O)N(CC(=O)O[C@H](C)CC)C2=O)ccc1Oc1ccc([N+](=O)[O-])cn1. The number of pyridine rings is 1. The molecule has 1 aliphatic rings. The molecule has 2 heterocycles. The Labute approximate surface area is 205 Å². The first-order valence-corrected chi connectivity index (χ1v) is 11.5. The van der Waals surface area contributed by atoms with Gasteiger partial charge in [0.1, 0.15) is 12.7 Å². The van der Waals surface area contributed by atoms with Crippen LogP contribution in [0.2, 0.25) is 0 Å². The molecule has 0 bridgehead atoms. The Morgan fingerprint density at radius 2 is 2.00 bits per heavy atom. The number of nitrogens with zero attached hydrogens (tertiary/aromatic N) is 3. The summed E-state index contributed by atoms with van der Waals surface area (Å²) in [6, 6.07) is 7.49. The third kappa shape index (κ3) is 6.57. The van der Waals surface area contributed by atoms with Gasteiger partial charge in [-0.25, -0.2) is 4.98 Å². The Morgan fingerprint density at radius 3 is 2.63 bits per heavy atom. The maximum atomic E-state index is 12.7. The Bertz CT molecular complexity index is 1170. The highest BCUT2D eigenvalue weighted by molar-refractivity contribution is 8.18. The molecule has 184 valence electrons.